The van der Waals surface area contributed by atoms with Gasteiger partial charge in [0.15, 0.2) is 0 Å². The summed E-state index contributed by atoms with van der Waals surface area (Å²) in [7, 11) is -3.62. The SMILES string of the molecule is CC1CN(Cc2cccc(CNC(=O)C3CCCN3S(=O)(=O)c3cccs3)c2)CCO1. The Balaban J connectivity index is 1.36. The largest absolute Gasteiger partial charge is 0.376 e. The number of nitrogens with one attached hydrogen (secondary N) is 1. The molecule has 2 atom stereocenters. The molecule has 2 unspecified atom stereocenters. The first-order valence-electron chi connectivity index (χ1n) is 10.7. The molecule has 31 heavy (non-hydrogen) atoms. The van der Waals surface area contributed by atoms with E-state index < -0.39 is 16.1 Å². The first-order valence-corrected chi connectivity index (χ1v) is 13.0. The number of amides is 1. The lowest BCUT2D eigenvalue weighted by molar-refractivity contribution is -0.124. The fourth-order valence-electron chi connectivity index (χ4n) is 4.25. The Bertz CT molecular complexity index is 994. The summed E-state index contributed by atoms with van der Waals surface area (Å²) < 4.78 is 33.0. The van der Waals surface area contributed by atoms with Gasteiger partial charge in [0.25, 0.3) is 10.0 Å². The number of nitrogens with zero attached hydrogens (tertiary/aromatic N) is 2. The Morgan fingerprint density at radius 1 is 1.23 bits per heavy atom. The fourth-order valence-corrected chi connectivity index (χ4v) is 7.03. The lowest BCUT2D eigenvalue weighted by atomic mass is 10.1. The number of carbonyl (C=O) groups excluding carboxylic acids is 1. The molecule has 2 fully saturated rings. The van der Waals surface area contributed by atoms with Gasteiger partial charge in [-0.3, -0.25) is 9.69 Å². The van der Waals surface area contributed by atoms with Crippen LogP contribution in [0.4, 0.5) is 0 Å². The molecule has 0 spiro atoms. The molecule has 0 bridgehead atoms. The molecule has 0 radical (unpaired) electrons. The van der Waals surface area contributed by atoms with Crippen LogP contribution < -0.4 is 5.32 Å². The zero-order valence-corrected chi connectivity index (χ0v) is 19.3. The molecule has 3 heterocycles. The second-order valence-electron chi connectivity index (χ2n) is 8.16. The molecule has 2 aliphatic rings. The summed E-state index contributed by atoms with van der Waals surface area (Å²) in [6, 6.07) is 10.9. The van der Waals surface area contributed by atoms with Gasteiger partial charge in [0.05, 0.1) is 12.7 Å². The Kier molecular flexibility index (Phi) is 7.08. The highest BCUT2D eigenvalue weighted by molar-refractivity contribution is 7.91. The molecule has 0 aliphatic carbocycles. The van der Waals surface area contributed by atoms with E-state index >= 15 is 0 Å². The van der Waals surface area contributed by atoms with E-state index in [1.807, 2.05) is 12.1 Å². The van der Waals surface area contributed by atoms with E-state index in [9.17, 15) is 13.2 Å². The summed E-state index contributed by atoms with van der Waals surface area (Å²) in [6.07, 6.45) is 1.48. The van der Waals surface area contributed by atoms with Crippen LogP contribution in [-0.2, 0) is 32.6 Å². The van der Waals surface area contributed by atoms with Crippen molar-refractivity contribution in [3.05, 3.63) is 52.9 Å². The van der Waals surface area contributed by atoms with Crippen LogP contribution >= 0.6 is 11.3 Å². The van der Waals surface area contributed by atoms with Crippen LogP contribution in [0.15, 0.2) is 46.0 Å². The molecule has 168 valence electrons. The highest BCUT2D eigenvalue weighted by Crippen LogP contribution is 2.28. The maximum atomic E-state index is 12.9. The van der Waals surface area contributed by atoms with E-state index in [0.29, 0.717) is 25.9 Å². The number of rotatable bonds is 7. The van der Waals surface area contributed by atoms with Crippen molar-refractivity contribution in [3.63, 3.8) is 0 Å². The zero-order valence-electron chi connectivity index (χ0n) is 17.7. The molecule has 1 aromatic heterocycles. The van der Waals surface area contributed by atoms with E-state index in [0.717, 1.165) is 31.8 Å². The monoisotopic (exact) mass is 463 g/mol. The average molecular weight is 464 g/mol. The van der Waals surface area contributed by atoms with Crippen molar-refractivity contribution in [1.29, 1.82) is 0 Å². The zero-order chi connectivity index (χ0) is 21.8. The summed E-state index contributed by atoms with van der Waals surface area (Å²) >= 11 is 1.18. The van der Waals surface area contributed by atoms with Crippen LogP contribution in [0.3, 0.4) is 0 Å². The number of ether oxygens (including phenoxy) is 1. The predicted molar refractivity (Wildman–Crippen MR) is 120 cm³/mol. The van der Waals surface area contributed by atoms with E-state index in [2.05, 4.69) is 29.3 Å². The van der Waals surface area contributed by atoms with E-state index in [4.69, 9.17) is 4.74 Å². The molecule has 4 rings (SSSR count). The van der Waals surface area contributed by atoms with E-state index in [1.54, 1.807) is 17.5 Å². The topological polar surface area (TPSA) is 79.0 Å². The minimum Gasteiger partial charge on any atom is -0.376 e. The number of carbonyl (C=O) groups is 1. The van der Waals surface area contributed by atoms with Gasteiger partial charge in [-0.15, -0.1) is 11.3 Å². The normalized spacial score (nSPS) is 23.1. The number of hydrogen-bond acceptors (Lipinski definition) is 6. The van der Waals surface area contributed by atoms with Gasteiger partial charge >= 0.3 is 0 Å². The molecule has 1 amide bonds. The maximum absolute atomic E-state index is 12.9. The molecule has 1 N–H and O–H groups in total. The van der Waals surface area contributed by atoms with Crippen LogP contribution in [0.1, 0.15) is 30.9 Å². The van der Waals surface area contributed by atoms with Crippen LogP contribution in [-0.4, -0.2) is 61.9 Å². The third-order valence-electron chi connectivity index (χ3n) is 5.75. The quantitative estimate of drug-likeness (QED) is 0.682. The van der Waals surface area contributed by atoms with E-state index in [1.165, 1.54) is 21.2 Å². The van der Waals surface area contributed by atoms with Crippen molar-refractivity contribution >= 4 is 27.3 Å². The first kappa shape index (κ1) is 22.4. The molecule has 9 heteroatoms. The van der Waals surface area contributed by atoms with Gasteiger partial charge in [-0.2, -0.15) is 4.31 Å². The fraction of sp³-hybridized carbons (Fsp3) is 0.500. The minimum atomic E-state index is -3.62. The standard InChI is InChI=1S/C22H29N3O4S2/c1-17-15-24(10-11-29-17)16-19-6-2-5-18(13-19)14-23-22(26)20-7-3-9-25(20)31(27,28)21-8-4-12-30-21/h2,4-6,8,12-13,17,20H,3,7,9-11,14-16H2,1H3,(H,23,26). The third-order valence-corrected chi connectivity index (χ3v) is 9.04. The highest BCUT2D eigenvalue weighted by atomic mass is 32.2. The molecule has 7 nitrogen and oxygen atoms in total. The van der Waals surface area contributed by atoms with Crippen LogP contribution in [0.25, 0.3) is 0 Å². The van der Waals surface area contributed by atoms with Crippen molar-refractivity contribution in [2.75, 3.05) is 26.2 Å². The summed E-state index contributed by atoms with van der Waals surface area (Å²) in [4.78, 5) is 15.2. The number of benzene rings is 1. The summed E-state index contributed by atoms with van der Waals surface area (Å²) in [6.45, 7) is 6.29. The predicted octanol–water partition coefficient (Wildman–Crippen LogP) is 2.44. The number of sulfonamides is 1. The van der Waals surface area contributed by atoms with Gasteiger partial charge in [-0.25, -0.2) is 8.42 Å². The number of hydrogen-bond donors (Lipinski definition) is 1. The summed E-state index contributed by atoms with van der Waals surface area (Å²) in [5, 5.41) is 4.69. The summed E-state index contributed by atoms with van der Waals surface area (Å²) in [5.74, 6) is -0.231. The van der Waals surface area contributed by atoms with Crippen molar-refractivity contribution in [2.24, 2.45) is 0 Å². The van der Waals surface area contributed by atoms with Gasteiger partial charge in [0.2, 0.25) is 5.91 Å². The van der Waals surface area contributed by atoms with Gasteiger partial charge in [0, 0.05) is 32.7 Å². The molecule has 1 aromatic carbocycles. The van der Waals surface area contributed by atoms with Crippen molar-refractivity contribution < 1.29 is 17.9 Å². The van der Waals surface area contributed by atoms with Gasteiger partial charge < -0.3 is 10.1 Å². The highest BCUT2D eigenvalue weighted by Gasteiger charge is 2.39. The van der Waals surface area contributed by atoms with Crippen LogP contribution in [0.5, 0.6) is 0 Å². The number of thiophene rings is 1. The number of morpholine rings is 1. The molecule has 2 saturated heterocycles. The lowest BCUT2D eigenvalue weighted by Crippen LogP contribution is -2.45. The second kappa shape index (κ2) is 9.79. The average Bonchev–Trinajstić information content (AvgIpc) is 3.45. The second-order valence-corrected chi connectivity index (χ2v) is 11.2. The minimum absolute atomic E-state index is 0.231. The molecule has 2 aliphatic heterocycles. The Labute approximate surface area is 188 Å². The van der Waals surface area contributed by atoms with E-state index in [-0.39, 0.29) is 16.2 Å². The Hall–Kier alpha value is -1.78. The Morgan fingerprint density at radius 3 is 2.84 bits per heavy atom. The van der Waals surface area contributed by atoms with Crippen molar-refractivity contribution in [1.82, 2.24) is 14.5 Å². The first-order chi connectivity index (χ1) is 14.9. The maximum Gasteiger partial charge on any atom is 0.253 e. The van der Waals surface area contributed by atoms with Gasteiger partial charge in [-0.1, -0.05) is 30.3 Å². The van der Waals surface area contributed by atoms with Crippen molar-refractivity contribution in [3.8, 4) is 0 Å². The molecular weight excluding hydrogens is 434 g/mol. The van der Waals surface area contributed by atoms with Crippen LogP contribution in [0, 0.1) is 0 Å². The van der Waals surface area contributed by atoms with Gasteiger partial charge in [-0.05, 0) is 42.3 Å². The van der Waals surface area contributed by atoms with Gasteiger partial charge in [0.1, 0.15) is 10.3 Å². The lowest BCUT2D eigenvalue weighted by Gasteiger charge is -2.31. The molecular formula is C22H29N3O4S2. The Morgan fingerprint density at radius 2 is 2.06 bits per heavy atom. The van der Waals surface area contributed by atoms with Crippen molar-refractivity contribution in [2.45, 2.75) is 49.2 Å². The third kappa shape index (κ3) is 5.35. The van der Waals surface area contributed by atoms with Crippen LogP contribution in [0.2, 0.25) is 0 Å². The molecule has 2 aromatic rings. The summed E-state index contributed by atoms with van der Waals surface area (Å²) in [5.41, 5.74) is 2.21. The molecule has 0 saturated carbocycles. The smallest absolute Gasteiger partial charge is 0.253 e.